The number of benzene rings is 1. The van der Waals surface area contributed by atoms with Gasteiger partial charge in [0.2, 0.25) is 10.0 Å². The van der Waals surface area contributed by atoms with E-state index in [2.05, 4.69) is 10.2 Å². The normalized spacial score (nSPS) is 33.2. The van der Waals surface area contributed by atoms with E-state index in [1.54, 1.807) is 16.6 Å². The Balaban J connectivity index is 1.44. The van der Waals surface area contributed by atoms with Crippen molar-refractivity contribution in [1.29, 1.82) is 0 Å². The summed E-state index contributed by atoms with van der Waals surface area (Å²) >= 11 is 6.22. The van der Waals surface area contributed by atoms with Crippen LogP contribution in [0.1, 0.15) is 31.2 Å². The lowest BCUT2D eigenvalue weighted by Crippen LogP contribution is -2.34. The number of nitrogens with one attached hydrogen (secondary N) is 1. The third kappa shape index (κ3) is 2.44. The molecule has 0 radical (unpaired) electrons. The predicted octanol–water partition coefficient (Wildman–Crippen LogP) is 2.24. The van der Waals surface area contributed by atoms with Crippen molar-refractivity contribution in [1.82, 2.24) is 14.5 Å². The molecule has 1 saturated heterocycles. The maximum absolute atomic E-state index is 12.5. The first-order chi connectivity index (χ1) is 11.9. The Kier molecular flexibility index (Phi) is 3.33. The second kappa shape index (κ2) is 5.19. The van der Waals surface area contributed by atoms with Crippen LogP contribution in [0.3, 0.4) is 0 Å². The van der Waals surface area contributed by atoms with Crippen molar-refractivity contribution in [3.05, 3.63) is 28.9 Å². The summed E-state index contributed by atoms with van der Waals surface area (Å²) in [5, 5.41) is 19.6. The predicted molar refractivity (Wildman–Crippen MR) is 94.7 cm³/mol. The first-order valence-corrected chi connectivity index (χ1v) is 10.6. The minimum absolute atomic E-state index is 0.163. The monoisotopic (exact) mass is 381 g/mol. The fourth-order valence-corrected chi connectivity index (χ4v) is 6.88. The van der Waals surface area contributed by atoms with Gasteiger partial charge >= 0.3 is 0 Å². The fraction of sp³-hybridized carbons (Fsp3) is 0.588. The summed E-state index contributed by atoms with van der Waals surface area (Å²) in [7, 11) is -3.13. The Hall–Kier alpha value is -1.15. The van der Waals surface area contributed by atoms with Crippen molar-refractivity contribution in [2.24, 2.45) is 11.8 Å². The van der Waals surface area contributed by atoms with E-state index < -0.39 is 15.6 Å². The molecule has 5 rings (SSSR count). The lowest BCUT2D eigenvalue weighted by Gasteiger charge is -2.27. The average molecular weight is 382 g/mol. The van der Waals surface area contributed by atoms with Gasteiger partial charge in [0, 0.05) is 23.5 Å². The highest BCUT2D eigenvalue weighted by Crippen LogP contribution is 2.51. The van der Waals surface area contributed by atoms with Crippen LogP contribution >= 0.6 is 11.6 Å². The zero-order valence-corrected chi connectivity index (χ0v) is 15.2. The van der Waals surface area contributed by atoms with E-state index >= 15 is 0 Å². The highest BCUT2D eigenvalue weighted by molar-refractivity contribution is 7.90. The Bertz CT molecular complexity index is 939. The molecule has 2 N–H and O–H groups in total. The number of nitrogens with zero attached hydrogens (tertiary/aromatic N) is 2. The van der Waals surface area contributed by atoms with Crippen LogP contribution in [0.5, 0.6) is 0 Å². The van der Waals surface area contributed by atoms with Crippen LogP contribution in [-0.4, -0.2) is 46.4 Å². The van der Waals surface area contributed by atoms with Crippen LogP contribution in [-0.2, 0) is 15.6 Å². The molecule has 0 bridgehead atoms. The van der Waals surface area contributed by atoms with E-state index in [1.807, 2.05) is 6.07 Å². The zero-order valence-electron chi connectivity index (χ0n) is 13.7. The molecule has 0 unspecified atom stereocenters. The lowest BCUT2D eigenvalue weighted by molar-refractivity contribution is 0.0353. The summed E-state index contributed by atoms with van der Waals surface area (Å²) < 4.78 is 26.6. The second-order valence-corrected chi connectivity index (χ2v) is 10.5. The Morgan fingerprint density at radius 1 is 1.24 bits per heavy atom. The summed E-state index contributed by atoms with van der Waals surface area (Å²) in [6, 6.07) is 3.62. The number of rotatable bonds is 3. The number of H-pyrrole nitrogens is 1. The molecule has 134 valence electrons. The van der Waals surface area contributed by atoms with Crippen LogP contribution in [0.4, 0.5) is 0 Å². The quantitative estimate of drug-likeness (QED) is 0.853. The number of aromatic amines is 1. The van der Waals surface area contributed by atoms with Crippen LogP contribution < -0.4 is 0 Å². The highest BCUT2D eigenvalue weighted by atomic mass is 35.5. The summed E-state index contributed by atoms with van der Waals surface area (Å²) in [6.45, 7) is 1.06. The maximum Gasteiger partial charge on any atom is 0.216 e. The van der Waals surface area contributed by atoms with Crippen molar-refractivity contribution >= 4 is 32.5 Å². The molecule has 3 fully saturated rings. The minimum Gasteiger partial charge on any atom is -0.385 e. The SMILES string of the molecule is O=S(=O)(C1CC1)N1C[C@@H]2C[C@@](O)(c3cc(Cl)cc4[nH]ncc34)C[C@@H]2C1. The molecule has 0 amide bonds. The topological polar surface area (TPSA) is 86.3 Å². The molecule has 0 spiro atoms. The minimum atomic E-state index is -3.13. The van der Waals surface area contributed by atoms with Gasteiger partial charge in [-0.05, 0) is 55.2 Å². The van der Waals surface area contributed by atoms with Crippen LogP contribution in [0.25, 0.3) is 10.9 Å². The number of hydrogen-bond acceptors (Lipinski definition) is 4. The molecule has 2 aliphatic carbocycles. The molecular weight excluding hydrogens is 362 g/mol. The van der Waals surface area contributed by atoms with E-state index in [1.165, 1.54) is 0 Å². The van der Waals surface area contributed by atoms with Crippen molar-refractivity contribution in [2.45, 2.75) is 36.5 Å². The van der Waals surface area contributed by atoms with Crippen molar-refractivity contribution < 1.29 is 13.5 Å². The number of aromatic nitrogens is 2. The lowest BCUT2D eigenvalue weighted by atomic mass is 9.88. The molecule has 2 aromatic rings. The maximum atomic E-state index is 12.5. The third-order valence-electron chi connectivity index (χ3n) is 6.07. The largest absolute Gasteiger partial charge is 0.385 e. The summed E-state index contributed by atoms with van der Waals surface area (Å²) in [5.41, 5.74) is 0.637. The van der Waals surface area contributed by atoms with Crippen LogP contribution in [0, 0.1) is 11.8 Å². The van der Waals surface area contributed by atoms with Crippen LogP contribution in [0.2, 0.25) is 5.02 Å². The van der Waals surface area contributed by atoms with Gasteiger partial charge in [-0.3, -0.25) is 5.10 Å². The van der Waals surface area contributed by atoms with E-state index in [4.69, 9.17) is 11.6 Å². The second-order valence-electron chi connectivity index (χ2n) is 7.81. The smallest absolute Gasteiger partial charge is 0.216 e. The Morgan fingerprint density at radius 3 is 2.56 bits per heavy atom. The Morgan fingerprint density at radius 2 is 1.92 bits per heavy atom. The molecule has 3 atom stereocenters. The van der Waals surface area contributed by atoms with Gasteiger partial charge in [0.1, 0.15) is 0 Å². The van der Waals surface area contributed by atoms with Gasteiger partial charge in [0.05, 0.1) is 22.6 Å². The molecule has 8 heteroatoms. The van der Waals surface area contributed by atoms with Gasteiger partial charge < -0.3 is 5.11 Å². The summed E-state index contributed by atoms with van der Waals surface area (Å²) in [5.74, 6) is 0.388. The summed E-state index contributed by atoms with van der Waals surface area (Å²) in [6.07, 6.45) is 4.43. The third-order valence-corrected chi connectivity index (χ3v) is 8.62. The van der Waals surface area contributed by atoms with Gasteiger partial charge in [-0.1, -0.05) is 11.6 Å². The van der Waals surface area contributed by atoms with E-state index in [0.717, 1.165) is 29.3 Å². The molecule has 1 aromatic heterocycles. The highest BCUT2D eigenvalue weighted by Gasteiger charge is 2.53. The van der Waals surface area contributed by atoms with Crippen LogP contribution in [0.15, 0.2) is 18.3 Å². The van der Waals surface area contributed by atoms with Gasteiger partial charge in [0.25, 0.3) is 0 Å². The van der Waals surface area contributed by atoms with E-state index in [9.17, 15) is 13.5 Å². The fourth-order valence-electron chi connectivity index (χ4n) is 4.71. The standard InChI is InChI=1S/C17H20ClN3O3S/c18-12-3-15(14-7-19-20-16(14)4-12)17(22)5-10-8-21(9-11(10)6-17)25(23,24)13-1-2-13/h3-4,7,10-11,13,22H,1-2,5-6,8-9H2,(H,19,20)/t10-,11+,17-. The molecule has 2 heterocycles. The number of aliphatic hydroxyl groups is 1. The number of hydrogen-bond donors (Lipinski definition) is 2. The number of fused-ring (bicyclic) bond motifs is 2. The number of halogens is 1. The van der Waals surface area contributed by atoms with Crippen molar-refractivity contribution in [2.75, 3.05) is 13.1 Å². The van der Waals surface area contributed by atoms with E-state index in [0.29, 0.717) is 31.0 Å². The molecule has 25 heavy (non-hydrogen) atoms. The summed E-state index contributed by atoms with van der Waals surface area (Å²) in [4.78, 5) is 0. The molecular formula is C17H20ClN3O3S. The van der Waals surface area contributed by atoms with Crippen molar-refractivity contribution in [3.63, 3.8) is 0 Å². The Labute approximate surface area is 151 Å². The van der Waals surface area contributed by atoms with E-state index in [-0.39, 0.29) is 17.1 Å². The van der Waals surface area contributed by atoms with Crippen molar-refractivity contribution in [3.8, 4) is 0 Å². The number of sulfonamides is 1. The van der Waals surface area contributed by atoms with Gasteiger partial charge in [0.15, 0.2) is 0 Å². The molecule has 3 aliphatic rings. The molecule has 2 saturated carbocycles. The molecule has 6 nitrogen and oxygen atoms in total. The van der Waals surface area contributed by atoms with Gasteiger partial charge in [-0.15, -0.1) is 0 Å². The average Bonchev–Trinajstić information content (AvgIpc) is 3.07. The molecule has 1 aromatic carbocycles. The van der Waals surface area contributed by atoms with Gasteiger partial charge in [-0.25, -0.2) is 12.7 Å². The first kappa shape index (κ1) is 16.1. The first-order valence-electron chi connectivity index (χ1n) is 8.71. The zero-order chi connectivity index (χ0) is 17.4. The van der Waals surface area contributed by atoms with Gasteiger partial charge in [-0.2, -0.15) is 5.10 Å². The molecule has 1 aliphatic heterocycles.